The van der Waals surface area contributed by atoms with Crippen LogP contribution in [0.5, 0.6) is 0 Å². The molecule has 4 atom stereocenters. The predicted octanol–water partition coefficient (Wildman–Crippen LogP) is 1.38. The number of rotatable bonds is 5. The van der Waals surface area contributed by atoms with E-state index in [2.05, 4.69) is 10.6 Å². The molecule has 3 aliphatic rings. The van der Waals surface area contributed by atoms with Gasteiger partial charge in [-0.05, 0) is 51.5 Å². The molecule has 26 heavy (non-hydrogen) atoms. The topological polar surface area (TPSA) is 111 Å². The first-order valence-electron chi connectivity index (χ1n) is 10.1. The molecular weight excluding hydrogens is 354 g/mol. The average Bonchev–Trinajstić information content (AvgIpc) is 2.62. The summed E-state index contributed by atoms with van der Waals surface area (Å²) in [5, 5.41) is 11.2. The van der Waals surface area contributed by atoms with Crippen LogP contribution in [-0.2, 0) is 19.6 Å². The Morgan fingerprint density at radius 1 is 1.00 bits per heavy atom. The van der Waals surface area contributed by atoms with Crippen molar-refractivity contribution in [2.24, 2.45) is 11.1 Å². The Labute approximate surface area is 156 Å². The molecule has 4 unspecified atom stereocenters. The van der Waals surface area contributed by atoms with Gasteiger partial charge in [-0.3, -0.25) is 10.1 Å². The lowest BCUT2D eigenvalue weighted by Gasteiger charge is -2.37. The highest BCUT2D eigenvalue weighted by Gasteiger charge is 2.36. The standard InChI is InChI=1S/C18H33N3O4S/c19-26(23,24)15-9-4-6-13(12-15)21-17(22)16-10-5-11-20-18(16)25-14-7-2-1-3-8-14/h13-16,18,20H,1-12H2,(H,21,22)(H2,19,23,24). The summed E-state index contributed by atoms with van der Waals surface area (Å²) in [6.07, 6.45) is 10.2. The van der Waals surface area contributed by atoms with Crippen molar-refractivity contribution in [2.75, 3.05) is 6.54 Å². The molecule has 0 radical (unpaired) electrons. The molecular formula is C18H33N3O4S. The molecule has 2 aliphatic carbocycles. The summed E-state index contributed by atoms with van der Waals surface area (Å²) in [4.78, 5) is 12.9. The van der Waals surface area contributed by atoms with Crippen molar-refractivity contribution in [1.82, 2.24) is 10.6 Å². The second-order valence-electron chi connectivity index (χ2n) is 8.10. The van der Waals surface area contributed by atoms with Crippen LogP contribution in [0.1, 0.15) is 70.6 Å². The van der Waals surface area contributed by atoms with Gasteiger partial charge in [0.05, 0.1) is 17.3 Å². The molecule has 4 N–H and O–H groups in total. The van der Waals surface area contributed by atoms with Crippen LogP contribution in [-0.4, -0.2) is 44.5 Å². The Morgan fingerprint density at radius 3 is 2.50 bits per heavy atom. The van der Waals surface area contributed by atoms with Crippen LogP contribution in [0.2, 0.25) is 0 Å². The number of piperidine rings is 1. The molecule has 1 heterocycles. The van der Waals surface area contributed by atoms with Gasteiger partial charge in [0.15, 0.2) is 0 Å². The molecule has 0 aromatic heterocycles. The molecule has 1 amide bonds. The van der Waals surface area contributed by atoms with E-state index in [9.17, 15) is 13.2 Å². The number of hydrogen-bond acceptors (Lipinski definition) is 5. The van der Waals surface area contributed by atoms with Crippen molar-refractivity contribution in [3.05, 3.63) is 0 Å². The van der Waals surface area contributed by atoms with E-state index < -0.39 is 15.3 Å². The molecule has 1 saturated heterocycles. The van der Waals surface area contributed by atoms with E-state index in [1.807, 2.05) is 0 Å². The minimum absolute atomic E-state index is 0.0157. The third-order valence-corrected chi connectivity index (χ3v) is 7.43. The highest BCUT2D eigenvalue weighted by atomic mass is 32.2. The first kappa shape index (κ1) is 20.0. The van der Waals surface area contributed by atoms with E-state index in [0.717, 1.165) is 45.1 Å². The molecule has 0 aromatic rings. The fourth-order valence-corrected chi connectivity index (χ4v) is 5.56. The smallest absolute Gasteiger partial charge is 0.227 e. The van der Waals surface area contributed by atoms with Crippen LogP contribution in [0.3, 0.4) is 0 Å². The first-order chi connectivity index (χ1) is 12.4. The Bertz CT molecular complexity index is 577. The number of amides is 1. The average molecular weight is 388 g/mol. The quantitative estimate of drug-likeness (QED) is 0.660. The summed E-state index contributed by atoms with van der Waals surface area (Å²) >= 11 is 0. The third-order valence-electron chi connectivity index (χ3n) is 6.07. The van der Waals surface area contributed by atoms with Crippen molar-refractivity contribution in [3.8, 4) is 0 Å². The van der Waals surface area contributed by atoms with E-state index in [1.54, 1.807) is 0 Å². The number of primary sulfonamides is 1. The number of carbonyl (C=O) groups excluding carboxylic acids is 1. The Kier molecular flexibility index (Phi) is 6.93. The largest absolute Gasteiger partial charge is 0.359 e. The number of sulfonamides is 1. The second-order valence-corrected chi connectivity index (χ2v) is 9.95. The molecule has 3 rings (SSSR count). The molecule has 3 fully saturated rings. The molecule has 150 valence electrons. The zero-order chi connectivity index (χ0) is 18.6. The van der Waals surface area contributed by atoms with E-state index in [-0.39, 0.29) is 30.2 Å². The van der Waals surface area contributed by atoms with E-state index in [1.165, 1.54) is 19.3 Å². The maximum atomic E-state index is 12.9. The summed E-state index contributed by atoms with van der Waals surface area (Å²) in [5.41, 5.74) is 0. The SMILES string of the molecule is NS(=O)(=O)C1CCCC(NC(=O)C2CCCNC2OC2CCCCC2)C1. The minimum Gasteiger partial charge on any atom is -0.359 e. The van der Waals surface area contributed by atoms with Gasteiger partial charge < -0.3 is 10.1 Å². The molecule has 0 spiro atoms. The van der Waals surface area contributed by atoms with Crippen LogP contribution < -0.4 is 15.8 Å². The summed E-state index contributed by atoms with van der Waals surface area (Å²) < 4.78 is 29.5. The highest BCUT2D eigenvalue weighted by Crippen LogP contribution is 2.27. The summed E-state index contributed by atoms with van der Waals surface area (Å²) in [6, 6.07) is -0.114. The lowest BCUT2D eigenvalue weighted by atomic mass is 9.92. The molecule has 0 bridgehead atoms. The maximum absolute atomic E-state index is 12.9. The van der Waals surface area contributed by atoms with Gasteiger partial charge in [-0.2, -0.15) is 0 Å². The fourth-order valence-electron chi connectivity index (χ4n) is 4.56. The molecule has 7 nitrogen and oxygen atoms in total. The van der Waals surface area contributed by atoms with Crippen molar-refractivity contribution in [3.63, 3.8) is 0 Å². The molecule has 2 saturated carbocycles. The van der Waals surface area contributed by atoms with E-state index in [4.69, 9.17) is 9.88 Å². The molecule has 8 heteroatoms. The van der Waals surface area contributed by atoms with Crippen molar-refractivity contribution in [1.29, 1.82) is 0 Å². The zero-order valence-electron chi connectivity index (χ0n) is 15.5. The number of carbonyl (C=O) groups is 1. The minimum atomic E-state index is -3.54. The second kappa shape index (κ2) is 8.99. The van der Waals surface area contributed by atoms with Crippen molar-refractivity contribution >= 4 is 15.9 Å². The summed E-state index contributed by atoms with van der Waals surface area (Å²) in [6.45, 7) is 0.873. The highest BCUT2D eigenvalue weighted by molar-refractivity contribution is 7.89. The van der Waals surface area contributed by atoms with Gasteiger partial charge in [0.1, 0.15) is 6.23 Å². The van der Waals surface area contributed by atoms with Crippen LogP contribution in [0.15, 0.2) is 0 Å². The monoisotopic (exact) mass is 387 g/mol. The van der Waals surface area contributed by atoms with E-state index >= 15 is 0 Å². The Hall–Kier alpha value is -0.700. The fraction of sp³-hybridized carbons (Fsp3) is 0.944. The zero-order valence-corrected chi connectivity index (χ0v) is 16.3. The van der Waals surface area contributed by atoms with Gasteiger partial charge in [-0.15, -0.1) is 0 Å². The van der Waals surface area contributed by atoms with Gasteiger partial charge in [0.2, 0.25) is 15.9 Å². The Balaban J connectivity index is 1.56. The summed E-state index contributed by atoms with van der Waals surface area (Å²) in [5.74, 6) is -0.224. The van der Waals surface area contributed by atoms with Crippen molar-refractivity contribution in [2.45, 2.75) is 94.3 Å². The van der Waals surface area contributed by atoms with Crippen LogP contribution >= 0.6 is 0 Å². The maximum Gasteiger partial charge on any atom is 0.227 e. The van der Waals surface area contributed by atoms with Crippen LogP contribution in [0, 0.1) is 5.92 Å². The molecule has 1 aliphatic heterocycles. The van der Waals surface area contributed by atoms with Crippen LogP contribution in [0.4, 0.5) is 0 Å². The van der Waals surface area contributed by atoms with Gasteiger partial charge in [0.25, 0.3) is 0 Å². The molecule has 0 aromatic carbocycles. The van der Waals surface area contributed by atoms with Crippen LogP contribution in [0.25, 0.3) is 0 Å². The lowest BCUT2D eigenvalue weighted by Crippen LogP contribution is -2.53. The van der Waals surface area contributed by atoms with Gasteiger partial charge >= 0.3 is 0 Å². The number of nitrogens with two attached hydrogens (primary N) is 1. The van der Waals surface area contributed by atoms with Gasteiger partial charge in [-0.1, -0.05) is 25.7 Å². The van der Waals surface area contributed by atoms with Gasteiger partial charge in [-0.25, -0.2) is 13.6 Å². The Morgan fingerprint density at radius 2 is 1.77 bits per heavy atom. The predicted molar refractivity (Wildman–Crippen MR) is 99.8 cm³/mol. The summed E-state index contributed by atoms with van der Waals surface area (Å²) in [7, 11) is -3.54. The normalized spacial score (nSPS) is 34.3. The van der Waals surface area contributed by atoms with Crippen molar-refractivity contribution < 1.29 is 17.9 Å². The number of ether oxygens (including phenoxy) is 1. The number of hydrogen-bond donors (Lipinski definition) is 3. The lowest BCUT2D eigenvalue weighted by molar-refractivity contribution is -0.140. The van der Waals surface area contributed by atoms with E-state index in [0.29, 0.717) is 12.8 Å². The first-order valence-corrected chi connectivity index (χ1v) is 11.8. The van der Waals surface area contributed by atoms with Gasteiger partial charge in [0, 0.05) is 6.04 Å². The third kappa shape index (κ3) is 5.41. The number of nitrogens with one attached hydrogen (secondary N) is 2.